The van der Waals surface area contributed by atoms with Crippen molar-refractivity contribution in [1.82, 2.24) is 14.9 Å². The summed E-state index contributed by atoms with van der Waals surface area (Å²) < 4.78 is 2.36. The van der Waals surface area contributed by atoms with E-state index in [1.807, 2.05) is 0 Å². The van der Waals surface area contributed by atoms with Gasteiger partial charge in [0.15, 0.2) is 0 Å². The van der Waals surface area contributed by atoms with Crippen molar-refractivity contribution < 1.29 is 0 Å². The fraction of sp³-hybridized carbons (Fsp3) is 0.611. The van der Waals surface area contributed by atoms with Crippen LogP contribution in [0.4, 0.5) is 0 Å². The Morgan fingerprint density at radius 3 is 2.52 bits per heavy atom. The molecule has 1 atom stereocenters. The topological polar surface area (TPSA) is 29.9 Å². The number of fused-ring (bicyclic) bond motifs is 1. The number of hydrogen-bond acceptors (Lipinski definition) is 2. The molecule has 0 amide bonds. The number of benzene rings is 1. The van der Waals surface area contributed by atoms with Crippen LogP contribution in [0.25, 0.3) is 11.0 Å². The summed E-state index contributed by atoms with van der Waals surface area (Å²) in [6.07, 6.45) is 3.60. The maximum absolute atomic E-state index is 4.81. The van der Waals surface area contributed by atoms with Crippen LogP contribution in [-0.4, -0.2) is 15.6 Å². The molecule has 116 valence electrons. The van der Waals surface area contributed by atoms with Crippen molar-refractivity contribution in [1.29, 1.82) is 0 Å². The molecule has 0 spiro atoms. The maximum atomic E-state index is 4.81. The zero-order valence-corrected chi connectivity index (χ0v) is 13.9. The van der Waals surface area contributed by atoms with Crippen molar-refractivity contribution in [2.45, 2.75) is 66.1 Å². The summed E-state index contributed by atoms with van der Waals surface area (Å²) in [5, 5.41) is 3.68. The lowest BCUT2D eigenvalue weighted by atomic mass is 9.95. The van der Waals surface area contributed by atoms with Crippen molar-refractivity contribution in [3.05, 3.63) is 30.1 Å². The molecule has 3 heteroatoms. The number of nitrogens with zero attached hydrogens (tertiary/aromatic N) is 2. The van der Waals surface area contributed by atoms with Crippen molar-refractivity contribution in [2.75, 3.05) is 0 Å². The van der Waals surface area contributed by atoms with Gasteiger partial charge in [-0.15, -0.1) is 0 Å². The molecule has 1 heterocycles. The number of aromatic nitrogens is 2. The Balaban J connectivity index is 2.15. The third-order valence-corrected chi connectivity index (χ3v) is 4.52. The van der Waals surface area contributed by atoms with Gasteiger partial charge >= 0.3 is 0 Å². The Bertz CT molecular complexity index is 555. The molecule has 21 heavy (non-hydrogen) atoms. The first-order chi connectivity index (χ1) is 10.2. The lowest BCUT2D eigenvalue weighted by Crippen LogP contribution is -2.33. The van der Waals surface area contributed by atoms with Gasteiger partial charge in [-0.05, 0) is 31.4 Å². The van der Waals surface area contributed by atoms with Gasteiger partial charge < -0.3 is 9.88 Å². The van der Waals surface area contributed by atoms with Crippen LogP contribution in [0.2, 0.25) is 0 Å². The van der Waals surface area contributed by atoms with E-state index in [0.29, 0.717) is 6.04 Å². The zero-order chi connectivity index (χ0) is 15.2. The largest absolute Gasteiger partial charge is 0.327 e. The second-order valence-electron chi connectivity index (χ2n) is 5.91. The minimum atomic E-state index is 0.537. The Hall–Kier alpha value is -1.35. The van der Waals surface area contributed by atoms with Crippen LogP contribution in [-0.2, 0) is 13.1 Å². The van der Waals surface area contributed by atoms with Gasteiger partial charge in [-0.25, -0.2) is 4.98 Å². The van der Waals surface area contributed by atoms with Crippen LogP contribution in [0.3, 0.4) is 0 Å². The first-order valence-electron chi connectivity index (χ1n) is 8.38. The second-order valence-corrected chi connectivity index (χ2v) is 5.91. The zero-order valence-electron chi connectivity index (χ0n) is 13.9. The van der Waals surface area contributed by atoms with Gasteiger partial charge in [-0.3, -0.25) is 0 Å². The SMILES string of the molecule is CCCn1c(CNC(C)C(CC)CC)nc2ccccc21. The molecular weight excluding hydrogens is 258 g/mol. The van der Waals surface area contributed by atoms with Crippen molar-refractivity contribution in [2.24, 2.45) is 5.92 Å². The lowest BCUT2D eigenvalue weighted by molar-refractivity contribution is 0.348. The molecule has 0 aliphatic carbocycles. The summed E-state index contributed by atoms with van der Waals surface area (Å²) in [5.74, 6) is 1.91. The van der Waals surface area contributed by atoms with E-state index < -0.39 is 0 Å². The van der Waals surface area contributed by atoms with Gasteiger partial charge in [0.25, 0.3) is 0 Å². The average molecular weight is 287 g/mol. The van der Waals surface area contributed by atoms with E-state index in [4.69, 9.17) is 4.98 Å². The smallest absolute Gasteiger partial charge is 0.123 e. The molecule has 0 saturated carbocycles. The molecular formula is C18H29N3. The number of aryl methyl sites for hydroxylation is 1. The molecule has 0 saturated heterocycles. The van der Waals surface area contributed by atoms with Crippen molar-refractivity contribution in [3.63, 3.8) is 0 Å². The summed E-state index contributed by atoms with van der Waals surface area (Å²) in [6.45, 7) is 11.0. The highest BCUT2D eigenvalue weighted by Crippen LogP contribution is 2.18. The van der Waals surface area contributed by atoms with Crippen LogP contribution in [0.15, 0.2) is 24.3 Å². The molecule has 1 aromatic heterocycles. The standard InChI is InChI=1S/C18H29N3/c1-5-12-21-17-11-9-8-10-16(17)20-18(21)13-19-14(4)15(6-2)7-3/h8-11,14-15,19H,5-7,12-13H2,1-4H3. The van der Waals surface area contributed by atoms with Crippen molar-refractivity contribution in [3.8, 4) is 0 Å². The highest BCUT2D eigenvalue weighted by Gasteiger charge is 2.15. The summed E-state index contributed by atoms with van der Waals surface area (Å²) in [4.78, 5) is 4.81. The molecule has 2 aromatic rings. The predicted octanol–water partition coefficient (Wildman–Crippen LogP) is 4.36. The Labute approximate surface area is 128 Å². The van der Waals surface area contributed by atoms with Gasteiger partial charge in [-0.2, -0.15) is 0 Å². The molecule has 3 nitrogen and oxygen atoms in total. The first-order valence-corrected chi connectivity index (χ1v) is 8.38. The van der Waals surface area contributed by atoms with Gasteiger partial charge in [-0.1, -0.05) is 45.7 Å². The van der Waals surface area contributed by atoms with Gasteiger partial charge in [0.2, 0.25) is 0 Å². The highest BCUT2D eigenvalue weighted by atomic mass is 15.1. The van der Waals surface area contributed by atoms with Gasteiger partial charge in [0.05, 0.1) is 17.6 Å². The summed E-state index contributed by atoms with van der Waals surface area (Å²) >= 11 is 0. The maximum Gasteiger partial charge on any atom is 0.123 e. The van der Waals surface area contributed by atoms with E-state index in [-0.39, 0.29) is 0 Å². The minimum absolute atomic E-state index is 0.537. The Morgan fingerprint density at radius 1 is 1.14 bits per heavy atom. The van der Waals surface area contributed by atoms with Gasteiger partial charge in [0.1, 0.15) is 5.82 Å². The van der Waals surface area contributed by atoms with Crippen LogP contribution in [0.5, 0.6) is 0 Å². The van der Waals surface area contributed by atoms with Gasteiger partial charge in [0, 0.05) is 12.6 Å². The van der Waals surface area contributed by atoms with E-state index >= 15 is 0 Å². The molecule has 0 aliphatic heterocycles. The number of para-hydroxylation sites is 2. The lowest BCUT2D eigenvalue weighted by Gasteiger charge is -2.22. The fourth-order valence-corrected chi connectivity index (χ4v) is 3.15. The third-order valence-electron chi connectivity index (χ3n) is 4.52. The number of nitrogens with one attached hydrogen (secondary N) is 1. The highest BCUT2D eigenvalue weighted by molar-refractivity contribution is 5.75. The van der Waals surface area contributed by atoms with E-state index in [1.54, 1.807) is 0 Å². The molecule has 1 unspecified atom stereocenters. The summed E-state index contributed by atoms with van der Waals surface area (Å²) in [6, 6.07) is 8.98. The molecule has 1 aromatic carbocycles. The third kappa shape index (κ3) is 3.65. The molecule has 2 rings (SSSR count). The number of imidazole rings is 1. The van der Waals surface area contributed by atoms with Crippen LogP contribution >= 0.6 is 0 Å². The number of hydrogen-bond donors (Lipinski definition) is 1. The molecule has 0 radical (unpaired) electrons. The van der Waals surface area contributed by atoms with Crippen molar-refractivity contribution >= 4 is 11.0 Å². The molecule has 0 aliphatic rings. The predicted molar refractivity (Wildman–Crippen MR) is 90.4 cm³/mol. The first kappa shape index (κ1) is 16.0. The summed E-state index contributed by atoms with van der Waals surface area (Å²) in [5.41, 5.74) is 2.37. The van der Waals surface area contributed by atoms with E-state index in [1.165, 1.54) is 18.4 Å². The van der Waals surface area contributed by atoms with E-state index in [9.17, 15) is 0 Å². The Morgan fingerprint density at radius 2 is 1.86 bits per heavy atom. The Kier molecular flexibility index (Phi) is 5.80. The minimum Gasteiger partial charge on any atom is -0.327 e. The quantitative estimate of drug-likeness (QED) is 0.781. The fourth-order valence-electron chi connectivity index (χ4n) is 3.15. The van der Waals surface area contributed by atoms with E-state index in [2.05, 4.69) is 61.8 Å². The summed E-state index contributed by atoms with van der Waals surface area (Å²) in [7, 11) is 0. The molecule has 1 N–H and O–H groups in total. The molecule has 0 bridgehead atoms. The second kappa shape index (κ2) is 7.60. The average Bonchev–Trinajstić information content (AvgIpc) is 2.85. The van der Waals surface area contributed by atoms with Crippen LogP contribution < -0.4 is 5.32 Å². The monoisotopic (exact) mass is 287 g/mol. The van der Waals surface area contributed by atoms with Crippen LogP contribution in [0, 0.1) is 5.92 Å². The normalized spacial score (nSPS) is 13.2. The van der Waals surface area contributed by atoms with Crippen LogP contribution in [0.1, 0.15) is 52.8 Å². The van der Waals surface area contributed by atoms with E-state index in [0.717, 1.165) is 36.8 Å². The molecule has 0 fully saturated rings. The number of rotatable bonds is 8.